The molecule has 0 unspecified atom stereocenters. The van der Waals surface area contributed by atoms with Crippen LogP contribution in [0.2, 0.25) is 5.02 Å². The van der Waals surface area contributed by atoms with E-state index in [1.165, 1.54) is 30.3 Å². The molecule has 7 nitrogen and oxygen atoms in total. The van der Waals surface area contributed by atoms with E-state index in [9.17, 15) is 18.4 Å². The monoisotopic (exact) mass is 466 g/mol. The zero-order valence-corrected chi connectivity index (χ0v) is 18.0. The van der Waals surface area contributed by atoms with Crippen molar-refractivity contribution in [2.75, 3.05) is 11.9 Å². The number of hydrogen-bond acceptors (Lipinski definition) is 6. The van der Waals surface area contributed by atoms with Gasteiger partial charge in [-0.2, -0.15) is 13.9 Å². The molecule has 0 fully saturated rings. The van der Waals surface area contributed by atoms with Gasteiger partial charge in [-0.05, 0) is 56.3 Å². The minimum absolute atomic E-state index is 0.0720. The zero-order valence-electron chi connectivity index (χ0n) is 16.4. The molecule has 0 saturated carbocycles. The second-order valence-corrected chi connectivity index (χ2v) is 7.84. The SMILES string of the molecule is Cc1cc(C)n(-c2ccc(Cl)c(C(=O)OCC(=O)Nc3ccc(SC(F)F)cc3)n2)n1. The lowest BCUT2D eigenvalue weighted by Crippen LogP contribution is -2.21. The van der Waals surface area contributed by atoms with Crippen molar-refractivity contribution in [2.45, 2.75) is 24.5 Å². The average molecular weight is 467 g/mol. The van der Waals surface area contributed by atoms with Crippen molar-refractivity contribution in [3.8, 4) is 5.82 Å². The summed E-state index contributed by atoms with van der Waals surface area (Å²) < 4.78 is 31.3. The molecule has 0 aliphatic carbocycles. The van der Waals surface area contributed by atoms with Gasteiger partial charge in [0.2, 0.25) is 0 Å². The van der Waals surface area contributed by atoms with E-state index in [0.717, 1.165) is 11.4 Å². The topological polar surface area (TPSA) is 86.1 Å². The van der Waals surface area contributed by atoms with Crippen LogP contribution >= 0.6 is 23.4 Å². The summed E-state index contributed by atoms with van der Waals surface area (Å²) >= 11 is 6.47. The predicted molar refractivity (Wildman–Crippen MR) is 113 cm³/mol. The Bertz CT molecular complexity index is 1110. The number of thioether (sulfide) groups is 1. The van der Waals surface area contributed by atoms with E-state index < -0.39 is 24.2 Å². The van der Waals surface area contributed by atoms with Crippen LogP contribution in [-0.4, -0.2) is 39.0 Å². The molecule has 2 heterocycles. The highest BCUT2D eigenvalue weighted by Gasteiger charge is 2.18. The van der Waals surface area contributed by atoms with Gasteiger partial charge in [0.15, 0.2) is 18.1 Å². The number of pyridine rings is 1. The van der Waals surface area contributed by atoms with E-state index in [1.54, 1.807) is 10.7 Å². The molecule has 1 N–H and O–H groups in total. The smallest absolute Gasteiger partial charge is 0.359 e. The number of aromatic nitrogens is 3. The van der Waals surface area contributed by atoms with Gasteiger partial charge in [0, 0.05) is 16.3 Å². The molecule has 162 valence electrons. The fourth-order valence-corrected chi connectivity index (χ4v) is 3.35. The lowest BCUT2D eigenvalue weighted by atomic mass is 10.3. The summed E-state index contributed by atoms with van der Waals surface area (Å²) in [6, 6.07) is 10.8. The number of hydrogen-bond donors (Lipinski definition) is 1. The molecule has 3 aromatic rings. The van der Waals surface area contributed by atoms with Crippen molar-refractivity contribution in [3.05, 3.63) is 64.6 Å². The molecular weight excluding hydrogens is 450 g/mol. The lowest BCUT2D eigenvalue weighted by molar-refractivity contribution is -0.119. The summed E-state index contributed by atoms with van der Waals surface area (Å²) in [4.78, 5) is 29.0. The number of esters is 1. The van der Waals surface area contributed by atoms with Crippen LogP contribution in [0.4, 0.5) is 14.5 Å². The van der Waals surface area contributed by atoms with Crippen LogP contribution in [0.25, 0.3) is 5.82 Å². The highest BCUT2D eigenvalue weighted by atomic mass is 35.5. The molecule has 1 aromatic carbocycles. The Morgan fingerprint density at radius 1 is 1.19 bits per heavy atom. The molecule has 0 radical (unpaired) electrons. The van der Waals surface area contributed by atoms with E-state index in [-0.39, 0.29) is 10.7 Å². The Labute approximate surface area is 185 Å². The number of carbonyl (C=O) groups is 2. The minimum atomic E-state index is -2.53. The second kappa shape index (κ2) is 9.88. The number of carbonyl (C=O) groups excluding carboxylic acids is 2. The second-order valence-electron chi connectivity index (χ2n) is 6.37. The lowest BCUT2D eigenvalue weighted by Gasteiger charge is -2.09. The van der Waals surface area contributed by atoms with Crippen molar-refractivity contribution in [1.82, 2.24) is 14.8 Å². The van der Waals surface area contributed by atoms with Gasteiger partial charge in [-0.1, -0.05) is 23.4 Å². The third-order valence-corrected chi connectivity index (χ3v) is 4.98. The number of alkyl halides is 2. The van der Waals surface area contributed by atoms with Crippen LogP contribution in [0.5, 0.6) is 0 Å². The first kappa shape index (κ1) is 22.7. The Kier molecular flexibility index (Phi) is 7.24. The largest absolute Gasteiger partial charge is 0.451 e. The Morgan fingerprint density at radius 3 is 2.52 bits per heavy atom. The van der Waals surface area contributed by atoms with Crippen molar-refractivity contribution < 1.29 is 23.1 Å². The van der Waals surface area contributed by atoms with Crippen LogP contribution < -0.4 is 5.32 Å². The first-order valence-corrected chi connectivity index (χ1v) is 10.2. The standard InChI is InChI=1S/C20H17ClF2N4O3S/c1-11-9-12(2)27(26-11)16-8-7-15(21)18(25-16)19(29)30-10-17(28)24-13-3-5-14(6-4-13)31-20(22)23/h3-9,20H,10H2,1-2H3,(H,24,28). The van der Waals surface area contributed by atoms with E-state index >= 15 is 0 Å². The molecule has 2 aromatic heterocycles. The summed E-state index contributed by atoms with van der Waals surface area (Å²) in [5, 5.41) is 6.89. The number of nitrogens with one attached hydrogen (secondary N) is 1. The number of amides is 1. The number of rotatable bonds is 7. The van der Waals surface area contributed by atoms with Gasteiger partial charge < -0.3 is 10.1 Å². The van der Waals surface area contributed by atoms with E-state index in [1.807, 2.05) is 19.9 Å². The van der Waals surface area contributed by atoms with Crippen molar-refractivity contribution in [1.29, 1.82) is 0 Å². The third-order valence-electron chi connectivity index (χ3n) is 3.95. The fraction of sp³-hybridized carbons (Fsp3) is 0.200. The quantitative estimate of drug-likeness (QED) is 0.403. The molecule has 3 rings (SSSR count). The number of ether oxygens (including phenoxy) is 1. The van der Waals surface area contributed by atoms with E-state index in [4.69, 9.17) is 16.3 Å². The molecule has 0 aliphatic rings. The maximum Gasteiger partial charge on any atom is 0.359 e. The molecular formula is C20H17ClF2N4O3S. The molecule has 0 atom stereocenters. The number of aryl methyl sites for hydroxylation is 2. The first-order chi connectivity index (χ1) is 14.7. The summed E-state index contributed by atoms with van der Waals surface area (Å²) in [5.41, 5.74) is 1.84. The van der Waals surface area contributed by atoms with Gasteiger partial charge in [-0.15, -0.1) is 0 Å². The normalized spacial score (nSPS) is 10.9. The van der Waals surface area contributed by atoms with Gasteiger partial charge in [0.1, 0.15) is 0 Å². The maximum atomic E-state index is 12.4. The number of anilines is 1. The van der Waals surface area contributed by atoms with Crippen molar-refractivity contribution in [3.63, 3.8) is 0 Å². The van der Waals surface area contributed by atoms with Crippen molar-refractivity contribution >= 4 is 40.9 Å². The van der Waals surface area contributed by atoms with E-state index in [2.05, 4.69) is 15.4 Å². The molecule has 0 spiro atoms. The van der Waals surface area contributed by atoms with Crippen molar-refractivity contribution in [2.24, 2.45) is 0 Å². The minimum Gasteiger partial charge on any atom is -0.451 e. The van der Waals surface area contributed by atoms with E-state index in [0.29, 0.717) is 28.2 Å². The molecule has 0 aliphatic heterocycles. The number of benzene rings is 1. The van der Waals surface area contributed by atoms with Crippen LogP contribution in [0.3, 0.4) is 0 Å². The number of halogens is 3. The highest BCUT2D eigenvalue weighted by Crippen LogP contribution is 2.26. The first-order valence-electron chi connectivity index (χ1n) is 8.95. The summed E-state index contributed by atoms with van der Waals surface area (Å²) in [6.07, 6.45) is 0. The van der Waals surface area contributed by atoms with Crippen LogP contribution in [0.1, 0.15) is 21.9 Å². The Morgan fingerprint density at radius 2 is 1.90 bits per heavy atom. The maximum absolute atomic E-state index is 12.4. The predicted octanol–water partition coefficient (Wildman–Crippen LogP) is 4.65. The molecule has 31 heavy (non-hydrogen) atoms. The van der Waals surface area contributed by atoms with Gasteiger partial charge in [-0.3, -0.25) is 4.79 Å². The number of nitrogens with zero attached hydrogens (tertiary/aromatic N) is 3. The molecule has 0 saturated heterocycles. The summed E-state index contributed by atoms with van der Waals surface area (Å²) in [5.74, 6) is -3.62. The summed E-state index contributed by atoms with van der Waals surface area (Å²) in [6.45, 7) is 3.10. The third kappa shape index (κ3) is 6.02. The Hall–Kier alpha value is -2.98. The van der Waals surface area contributed by atoms with Crippen LogP contribution in [0.15, 0.2) is 47.4 Å². The van der Waals surface area contributed by atoms with Gasteiger partial charge in [0.25, 0.3) is 11.7 Å². The van der Waals surface area contributed by atoms with Gasteiger partial charge >= 0.3 is 5.97 Å². The van der Waals surface area contributed by atoms with Crippen LogP contribution in [0, 0.1) is 13.8 Å². The fourth-order valence-electron chi connectivity index (χ4n) is 2.67. The average Bonchev–Trinajstić information content (AvgIpc) is 3.05. The highest BCUT2D eigenvalue weighted by molar-refractivity contribution is 7.99. The van der Waals surface area contributed by atoms with Gasteiger partial charge in [-0.25, -0.2) is 14.5 Å². The molecule has 1 amide bonds. The Balaban J connectivity index is 1.62. The van der Waals surface area contributed by atoms with Crippen LogP contribution in [-0.2, 0) is 9.53 Å². The molecule has 0 bridgehead atoms. The van der Waals surface area contributed by atoms with Gasteiger partial charge in [0.05, 0.1) is 10.7 Å². The summed E-state index contributed by atoms with van der Waals surface area (Å²) in [7, 11) is 0. The molecule has 11 heteroatoms. The zero-order chi connectivity index (χ0) is 22.5.